The minimum Gasteiger partial charge on any atom is -0.0654 e. The Hall–Kier alpha value is 0. The number of unbranched alkanes of at least 4 members (excludes halogenated alkanes) is 2. The van der Waals surface area contributed by atoms with Gasteiger partial charge in [0.05, 0.1) is 0 Å². The Labute approximate surface area is 96.8 Å². The van der Waals surface area contributed by atoms with Crippen LogP contribution < -0.4 is 0 Å². The van der Waals surface area contributed by atoms with E-state index in [2.05, 4.69) is 27.7 Å². The first kappa shape index (κ1) is 13.1. The molecule has 1 saturated carbocycles. The van der Waals surface area contributed by atoms with Crippen molar-refractivity contribution in [2.75, 3.05) is 0 Å². The second-order valence-corrected chi connectivity index (χ2v) is 5.58. The Bertz CT molecular complexity index is 161. The standard InChI is InChI=1S/C15H30/c1-5-8-10-12(4)15-13(7-3)14(15)11-9-6-2/h12-15H,5-11H2,1-4H3. The van der Waals surface area contributed by atoms with Gasteiger partial charge in [0.1, 0.15) is 0 Å². The fraction of sp³-hybridized carbons (Fsp3) is 1.00. The summed E-state index contributed by atoms with van der Waals surface area (Å²) in [4.78, 5) is 0. The van der Waals surface area contributed by atoms with Crippen LogP contribution in [0.4, 0.5) is 0 Å². The van der Waals surface area contributed by atoms with Gasteiger partial charge < -0.3 is 0 Å². The van der Waals surface area contributed by atoms with Crippen molar-refractivity contribution in [2.24, 2.45) is 23.7 Å². The molecule has 1 rings (SSSR count). The maximum Gasteiger partial charge on any atom is -0.0326 e. The molecule has 1 aliphatic carbocycles. The molecule has 0 spiro atoms. The summed E-state index contributed by atoms with van der Waals surface area (Å²) in [5, 5.41) is 0. The molecule has 0 bridgehead atoms. The maximum atomic E-state index is 2.49. The predicted octanol–water partition coefficient (Wildman–Crippen LogP) is 5.28. The van der Waals surface area contributed by atoms with E-state index >= 15 is 0 Å². The number of rotatable bonds is 8. The Balaban J connectivity index is 2.28. The van der Waals surface area contributed by atoms with Gasteiger partial charge in [-0.3, -0.25) is 0 Å². The molecule has 0 saturated heterocycles. The largest absolute Gasteiger partial charge is 0.0654 e. The summed E-state index contributed by atoms with van der Waals surface area (Å²) in [5.74, 6) is 4.27. The lowest BCUT2D eigenvalue weighted by molar-refractivity contribution is 0.407. The highest BCUT2D eigenvalue weighted by Crippen LogP contribution is 2.56. The predicted molar refractivity (Wildman–Crippen MR) is 69.0 cm³/mol. The molecular weight excluding hydrogens is 180 g/mol. The van der Waals surface area contributed by atoms with E-state index in [9.17, 15) is 0 Å². The van der Waals surface area contributed by atoms with Gasteiger partial charge in [-0.2, -0.15) is 0 Å². The van der Waals surface area contributed by atoms with Crippen molar-refractivity contribution in [3.05, 3.63) is 0 Å². The highest BCUT2D eigenvalue weighted by atomic mass is 14.5. The van der Waals surface area contributed by atoms with E-state index in [0.29, 0.717) is 0 Å². The lowest BCUT2D eigenvalue weighted by Crippen LogP contribution is -2.00. The fourth-order valence-electron chi connectivity index (χ4n) is 3.46. The summed E-state index contributed by atoms with van der Waals surface area (Å²) in [6.07, 6.45) is 10.1. The van der Waals surface area contributed by atoms with Crippen LogP contribution in [0.5, 0.6) is 0 Å². The molecule has 4 unspecified atom stereocenters. The molecule has 0 aliphatic heterocycles. The van der Waals surface area contributed by atoms with E-state index in [1.807, 2.05) is 0 Å². The van der Waals surface area contributed by atoms with Gasteiger partial charge in [-0.15, -0.1) is 0 Å². The van der Waals surface area contributed by atoms with E-state index < -0.39 is 0 Å². The molecule has 0 amide bonds. The molecule has 0 aromatic rings. The summed E-state index contributed by atoms with van der Waals surface area (Å²) in [5.41, 5.74) is 0. The quantitative estimate of drug-likeness (QED) is 0.511. The van der Waals surface area contributed by atoms with Crippen LogP contribution in [0.25, 0.3) is 0 Å². The average Bonchev–Trinajstić information content (AvgIpc) is 2.96. The molecule has 0 heterocycles. The highest BCUT2D eigenvalue weighted by Gasteiger charge is 2.49. The average molecular weight is 210 g/mol. The first-order valence-electron chi connectivity index (χ1n) is 7.26. The molecular formula is C15H30. The zero-order chi connectivity index (χ0) is 11.3. The van der Waals surface area contributed by atoms with Gasteiger partial charge in [-0.1, -0.05) is 66.2 Å². The second kappa shape index (κ2) is 6.55. The van der Waals surface area contributed by atoms with Crippen LogP contribution in [0, 0.1) is 23.7 Å². The molecule has 0 heteroatoms. The van der Waals surface area contributed by atoms with Gasteiger partial charge in [-0.05, 0) is 30.1 Å². The van der Waals surface area contributed by atoms with Crippen molar-refractivity contribution in [1.29, 1.82) is 0 Å². The Kier molecular flexibility index (Phi) is 5.71. The van der Waals surface area contributed by atoms with Crippen molar-refractivity contribution in [3.63, 3.8) is 0 Å². The maximum absolute atomic E-state index is 2.49. The van der Waals surface area contributed by atoms with Crippen LogP contribution in [0.15, 0.2) is 0 Å². The van der Waals surface area contributed by atoms with E-state index in [1.54, 1.807) is 0 Å². The monoisotopic (exact) mass is 210 g/mol. The molecule has 1 aliphatic rings. The zero-order valence-corrected chi connectivity index (χ0v) is 11.3. The Morgan fingerprint density at radius 1 is 0.933 bits per heavy atom. The minimum absolute atomic E-state index is 0.997. The second-order valence-electron chi connectivity index (χ2n) is 5.58. The molecule has 0 N–H and O–H groups in total. The van der Waals surface area contributed by atoms with Gasteiger partial charge in [0, 0.05) is 0 Å². The topological polar surface area (TPSA) is 0 Å². The first-order valence-corrected chi connectivity index (χ1v) is 7.26. The number of hydrogen-bond donors (Lipinski definition) is 0. The zero-order valence-electron chi connectivity index (χ0n) is 11.3. The van der Waals surface area contributed by atoms with Gasteiger partial charge in [0.15, 0.2) is 0 Å². The fourth-order valence-corrected chi connectivity index (χ4v) is 3.46. The van der Waals surface area contributed by atoms with E-state index in [0.717, 1.165) is 23.7 Å². The van der Waals surface area contributed by atoms with Crippen LogP contribution in [0.1, 0.15) is 72.6 Å². The third-order valence-electron chi connectivity index (χ3n) is 4.43. The van der Waals surface area contributed by atoms with Gasteiger partial charge in [0.2, 0.25) is 0 Å². The molecule has 15 heavy (non-hydrogen) atoms. The van der Waals surface area contributed by atoms with E-state index in [1.165, 1.54) is 44.9 Å². The summed E-state index contributed by atoms with van der Waals surface area (Å²) in [7, 11) is 0. The number of hydrogen-bond acceptors (Lipinski definition) is 0. The Morgan fingerprint density at radius 2 is 1.60 bits per heavy atom. The lowest BCUT2D eigenvalue weighted by atomic mass is 9.96. The summed E-state index contributed by atoms with van der Waals surface area (Å²) >= 11 is 0. The normalized spacial score (nSPS) is 31.6. The van der Waals surface area contributed by atoms with E-state index in [-0.39, 0.29) is 0 Å². The molecule has 0 aromatic carbocycles. The van der Waals surface area contributed by atoms with Crippen molar-refractivity contribution < 1.29 is 0 Å². The van der Waals surface area contributed by atoms with Crippen LogP contribution in [-0.4, -0.2) is 0 Å². The van der Waals surface area contributed by atoms with Gasteiger partial charge in [-0.25, -0.2) is 0 Å². The first-order chi connectivity index (χ1) is 7.26. The molecule has 0 nitrogen and oxygen atoms in total. The Morgan fingerprint density at radius 3 is 2.13 bits per heavy atom. The van der Waals surface area contributed by atoms with Gasteiger partial charge >= 0.3 is 0 Å². The van der Waals surface area contributed by atoms with Crippen LogP contribution in [-0.2, 0) is 0 Å². The molecule has 0 radical (unpaired) electrons. The van der Waals surface area contributed by atoms with Gasteiger partial charge in [0.25, 0.3) is 0 Å². The minimum atomic E-state index is 0.997. The summed E-state index contributed by atoms with van der Waals surface area (Å²) in [6.45, 7) is 9.51. The molecule has 4 atom stereocenters. The third-order valence-corrected chi connectivity index (χ3v) is 4.43. The SMILES string of the molecule is CCCCC(C)C1C(CC)C1CCCC. The van der Waals surface area contributed by atoms with Crippen molar-refractivity contribution >= 4 is 0 Å². The smallest absolute Gasteiger partial charge is 0.0326 e. The van der Waals surface area contributed by atoms with Crippen molar-refractivity contribution in [3.8, 4) is 0 Å². The third kappa shape index (κ3) is 3.50. The van der Waals surface area contributed by atoms with Crippen molar-refractivity contribution in [1.82, 2.24) is 0 Å². The molecule has 1 fully saturated rings. The summed E-state index contributed by atoms with van der Waals surface area (Å²) < 4.78 is 0. The van der Waals surface area contributed by atoms with Crippen LogP contribution in [0.3, 0.4) is 0 Å². The molecule has 0 aromatic heterocycles. The lowest BCUT2D eigenvalue weighted by Gasteiger charge is -2.10. The van der Waals surface area contributed by atoms with Crippen LogP contribution in [0.2, 0.25) is 0 Å². The van der Waals surface area contributed by atoms with Crippen LogP contribution >= 0.6 is 0 Å². The van der Waals surface area contributed by atoms with Crippen molar-refractivity contribution in [2.45, 2.75) is 72.6 Å². The summed E-state index contributed by atoms with van der Waals surface area (Å²) in [6, 6.07) is 0. The van der Waals surface area contributed by atoms with E-state index in [4.69, 9.17) is 0 Å². The molecule has 90 valence electrons. The highest BCUT2D eigenvalue weighted by molar-refractivity contribution is 4.98.